The summed E-state index contributed by atoms with van der Waals surface area (Å²) < 4.78 is 28.5. The molecule has 0 aliphatic rings. The predicted molar refractivity (Wildman–Crippen MR) is 111 cm³/mol. The molecule has 0 aliphatic carbocycles. The number of hydrogen-bond acceptors (Lipinski definition) is 4. The molecule has 0 saturated carbocycles. The van der Waals surface area contributed by atoms with Gasteiger partial charge in [-0.1, -0.05) is 52.0 Å². The van der Waals surface area contributed by atoms with Gasteiger partial charge in [-0.15, -0.1) is 10.2 Å². The Balaban J connectivity index is 1.63. The van der Waals surface area contributed by atoms with Crippen molar-refractivity contribution >= 4 is 38.5 Å². The highest BCUT2D eigenvalue weighted by molar-refractivity contribution is 9.10. The Hall–Kier alpha value is -1.51. The van der Waals surface area contributed by atoms with Gasteiger partial charge in [-0.3, -0.25) is 4.21 Å². The maximum Gasteiger partial charge on any atom is 0.191 e. The summed E-state index contributed by atoms with van der Waals surface area (Å²) in [4.78, 5) is 0. The molecule has 0 radical (unpaired) electrons. The molecule has 3 aromatic rings. The van der Waals surface area contributed by atoms with Crippen molar-refractivity contribution in [3.8, 4) is 0 Å². The maximum absolute atomic E-state index is 13.0. The quantitative estimate of drug-likeness (QED) is 0.440. The van der Waals surface area contributed by atoms with Gasteiger partial charge >= 0.3 is 0 Å². The molecular formula is C19H19BrFN3OS2. The predicted octanol–water partition coefficient (Wildman–Crippen LogP) is 4.94. The van der Waals surface area contributed by atoms with Crippen molar-refractivity contribution in [2.75, 3.05) is 0 Å². The summed E-state index contributed by atoms with van der Waals surface area (Å²) in [7, 11) is -1.06. The Morgan fingerprint density at radius 3 is 2.37 bits per heavy atom. The van der Waals surface area contributed by atoms with Crippen LogP contribution in [0.2, 0.25) is 0 Å². The number of benzene rings is 2. The molecular weight excluding hydrogens is 449 g/mol. The average molecular weight is 468 g/mol. The Labute approximate surface area is 173 Å². The number of halogens is 2. The van der Waals surface area contributed by atoms with Crippen LogP contribution in [0, 0.1) is 5.82 Å². The van der Waals surface area contributed by atoms with Crippen LogP contribution in [0.3, 0.4) is 0 Å². The summed E-state index contributed by atoms with van der Waals surface area (Å²) in [6.45, 7) is 2.73. The van der Waals surface area contributed by atoms with E-state index < -0.39 is 10.8 Å². The van der Waals surface area contributed by atoms with E-state index in [1.165, 1.54) is 12.1 Å². The second-order valence-corrected chi connectivity index (χ2v) is 9.23. The van der Waals surface area contributed by atoms with Crippen LogP contribution in [0.5, 0.6) is 0 Å². The lowest BCUT2D eigenvalue weighted by atomic mass is 10.2. The van der Waals surface area contributed by atoms with Crippen LogP contribution in [0.1, 0.15) is 23.9 Å². The summed E-state index contributed by atoms with van der Waals surface area (Å²) >= 11 is 4.95. The molecule has 2 aromatic carbocycles. The van der Waals surface area contributed by atoms with E-state index in [4.69, 9.17) is 0 Å². The zero-order valence-corrected chi connectivity index (χ0v) is 18.0. The topological polar surface area (TPSA) is 47.8 Å². The monoisotopic (exact) mass is 467 g/mol. The van der Waals surface area contributed by atoms with Gasteiger partial charge in [0, 0.05) is 33.3 Å². The molecule has 1 atom stereocenters. The molecule has 1 heterocycles. The van der Waals surface area contributed by atoms with Gasteiger partial charge < -0.3 is 4.57 Å². The maximum atomic E-state index is 13.0. The number of rotatable bonds is 8. The van der Waals surface area contributed by atoms with Gasteiger partial charge in [-0.05, 0) is 42.3 Å². The van der Waals surface area contributed by atoms with Crippen molar-refractivity contribution in [2.24, 2.45) is 0 Å². The molecule has 142 valence electrons. The van der Waals surface area contributed by atoms with Crippen molar-refractivity contribution in [1.29, 1.82) is 0 Å². The molecule has 0 bridgehead atoms. The van der Waals surface area contributed by atoms with E-state index in [2.05, 4.69) is 26.1 Å². The first kappa shape index (κ1) is 20.2. The summed E-state index contributed by atoms with van der Waals surface area (Å²) in [5.41, 5.74) is 2.05. The first-order valence-electron chi connectivity index (χ1n) is 8.44. The lowest BCUT2D eigenvalue weighted by molar-refractivity contribution is 0.627. The largest absolute Gasteiger partial charge is 0.306 e. The minimum atomic E-state index is -1.06. The first-order chi connectivity index (χ1) is 13.0. The Morgan fingerprint density at radius 1 is 1.04 bits per heavy atom. The second-order valence-electron chi connectivity index (χ2n) is 5.91. The molecule has 3 rings (SSSR count). The molecule has 8 heteroatoms. The standard InChI is InChI=1S/C19H19BrFN3OS2/c1-2-24-18(13-27(25)12-15-3-7-16(20)8-4-15)22-23-19(24)26-11-14-5-9-17(21)10-6-14/h3-10H,2,11-13H2,1H3/t27-/m1/s1. The summed E-state index contributed by atoms with van der Waals surface area (Å²) in [6.07, 6.45) is 0. The average Bonchev–Trinajstić information content (AvgIpc) is 3.04. The lowest BCUT2D eigenvalue weighted by Crippen LogP contribution is -2.08. The Morgan fingerprint density at radius 2 is 1.70 bits per heavy atom. The highest BCUT2D eigenvalue weighted by Gasteiger charge is 2.14. The number of nitrogens with zero attached hydrogens (tertiary/aromatic N) is 3. The van der Waals surface area contributed by atoms with Crippen LogP contribution in [-0.4, -0.2) is 19.0 Å². The molecule has 0 fully saturated rings. The van der Waals surface area contributed by atoms with Gasteiger partial charge in [0.15, 0.2) is 5.16 Å². The third-order valence-electron chi connectivity index (χ3n) is 3.92. The fraction of sp³-hybridized carbons (Fsp3) is 0.263. The van der Waals surface area contributed by atoms with Crippen molar-refractivity contribution in [3.05, 3.63) is 75.8 Å². The Bertz CT molecular complexity index is 914. The van der Waals surface area contributed by atoms with Crippen LogP contribution in [0.25, 0.3) is 0 Å². The van der Waals surface area contributed by atoms with E-state index >= 15 is 0 Å². The number of aromatic nitrogens is 3. The van der Waals surface area contributed by atoms with Gasteiger partial charge in [0.1, 0.15) is 11.6 Å². The molecule has 27 heavy (non-hydrogen) atoms. The first-order valence-corrected chi connectivity index (χ1v) is 11.7. The zero-order valence-electron chi connectivity index (χ0n) is 14.8. The van der Waals surface area contributed by atoms with Gasteiger partial charge in [0.25, 0.3) is 0 Å². The van der Waals surface area contributed by atoms with Crippen molar-refractivity contribution in [3.63, 3.8) is 0 Å². The smallest absolute Gasteiger partial charge is 0.191 e. The minimum absolute atomic E-state index is 0.240. The number of hydrogen-bond donors (Lipinski definition) is 0. The van der Waals surface area contributed by atoms with Crippen LogP contribution in [0.15, 0.2) is 58.2 Å². The summed E-state index contributed by atoms with van der Waals surface area (Å²) in [6, 6.07) is 14.3. The lowest BCUT2D eigenvalue weighted by Gasteiger charge is -2.08. The van der Waals surface area contributed by atoms with E-state index in [9.17, 15) is 8.60 Å². The van der Waals surface area contributed by atoms with E-state index in [1.807, 2.05) is 35.8 Å². The third kappa shape index (κ3) is 5.73. The van der Waals surface area contributed by atoms with Crippen LogP contribution < -0.4 is 0 Å². The zero-order chi connectivity index (χ0) is 19.2. The van der Waals surface area contributed by atoms with Crippen LogP contribution in [0.4, 0.5) is 4.39 Å². The highest BCUT2D eigenvalue weighted by Crippen LogP contribution is 2.23. The van der Waals surface area contributed by atoms with Crippen LogP contribution in [-0.2, 0) is 34.6 Å². The SMILES string of the molecule is CCn1c(C[S@](=O)Cc2ccc(Br)cc2)nnc1SCc1ccc(F)cc1. The minimum Gasteiger partial charge on any atom is -0.306 e. The van der Waals surface area contributed by atoms with Gasteiger partial charge in [0.2, 0.25) is 0 Å². The fourth-order valence-corrected chi connectivity index (χ4v) is 4.95. The van der Waals surface area contributed by atoms with E-state index in [0.717, 1.165) is 26.6 Å². The molecule has 1 aromatic heterocycles. The molecule has 0 unspecified atom stereocenters. The second kappa shape index (κ2) is 9.61. The summed E-state index contributed by atoms with van der Waals surface area (Å²) in [5, 5.41) is 9.28. The molecule has 4 nitrogen and oxygen atoms in total. The van der Waals surface area contributed by atoms with Crippen molar-refractivity contribution in [2.45, 2.75) is 35.9 Å². The van der Waals surface area contributed by atoms with Gasteiger partial charge in [-0.25, -0.2) is 4.39 Å². The molecule has 0 N–H and O–H groups in total. The van der Waals surface area contributed by atoms with Crippen molar-refractivity contribution in [1.82, 2.24) is 14.8 Å². The fourth-order valence-electron chi connectivity index (χ4n) is 2.54. The van der Waals surface area contributed by atoms with Crippen molar-refractivity contribution < 1.29 is 8.60 Å². The third-order valence-corrected chi connectivity index (χ3v) is 6.72. The van der Waals surface area contributed by atoms with E-state index in [0.29, 0.717) is 23.8 Å². The van der Waals surface area contributed by atoms with E-state index in [1.54, 1.807) is 23.9 Å². The van der Waals surface area contributed by atoms with Gasteiger partial charge in [-0.2, -0.15) is 0 Å². The molecule has 0 spiro atoms. The molecule has 0 aliphatic heterocycles. The highest BCUT2D eigenvalue weighted by atomic mass is 79.9. The van der Waals surface area contributed by atoms with Gasteiger partial charge in [0.05, 0.1) is 5.75 Å². The summed E-state index contributed by atoms with van der Waals surface area (Å²) in [5.74, 6) is 2.03. The number of thioether (sulfide) groups is 1. The Kier molecular flexibility index (Phi) is 7.20. The normalized spacial score (nSPS) is 12.3. The van der Waals surface area contributed by atoms with Crippen LogP contribution >= 0.6 is 27.7 Å². The molecule has 0 amide bonds. The van der Waals surface area contributed by atoms with E-state index in [-0.39, 0.29) is 5.82 Å². The molecule has 0 saturated heterocycles.